The molecule has 128 valence electrons. The summed E-state index contributed by atoms with van der Waals surface area (Å²) in [5.41, 5.74) is 5.48. The second-order valence-electron chi connectivity index (χ2n) is 5.36. The van der Waals surface area contributed by atoms with E-state index in [-0.39, 0.29) is 0 Å². The monoisotopic (exact) mass is 354 g/mol. The summed E-state index contributed by atoms with van der Waals surface area (Å²) in [4.78, 5) is 0. The third-order valence-corrected chi connectivity index (χ3v) is 4.68. The molecule has 0 fully saturated rings. The van der Waals surface area contributed by atoms with Crippen molar-refractivity contribution in [1.29, 1.82) is 0 Å². The Labute approximate surface area is 148 Å². The van der Waals surface area contributed by atoms with Gasteiger partial charge in [-0.2, -0.15) is 0 Å². The normalized spacial score (nSPS) is 12.0. The van der Waals surface area contributed by atoms with Crippen molar-refractivity contribution in [1.82, 2.24) is 12.9 Å². The van der Waals surface area contributed by atoms with E-state index in [1.165, 1.54) is 25.7 Å². The topological polar surface area (TPSA) is 35.7 Å². The molecule has 0 amide bonds. The van der Waals surface area contributed by atoms with Crippen LogP contribution in [0.1, 0.15) is 45.4 Å². The summed E-state index contributed by atoms with van der Waals surface area (Å²) in [6, 6.07) is 0. The minimum absolute atomic E-state index is 0.777. The molecule has 0 saturated heterocycles. The minimum Gasteiger partial charge on any atom is -0.330 e. The molecular weight excluding hydrogens is 320 g/mol. The first-order valence-electron chi connectivity index (χ1n) is 8.11. The number of hydrogen-bond donors (Lipinski definition) is 4. The summed E-state index contributed by atoms with van der Waals surface area (Å²) >= 11 is 13.4. The van der Waals surface area contributed by atoms with Crippen LogP contribution < -0.4 is 5.73 Å². The average molecular weight is 355 g/mol. The van der Waals surface area contributed by atoms with E-state index in [9.17, 15) is 0 Å². The molecule has 0 bridgehead atoms. The van der Waals surface area contributed by atoms with E-state index >= 15 is 0 Å². The molecule has 2 N–H and O–H groups in total. The molecule has 0 aliphatic carbocycles. The largest absolute Gasteiger partial charge is 0.330 e. The van der Waals surface area contributed by atoms with Gasteiger partial charge in [0.2, 0.25) is 0 Å². The SMILES string of the molecule is CCN(S)CCCCN(S)CCCCN(S)CCCCN. The summed E-state index contributed by atoms with van der Waals surface area (Å²) in [6.45, 7) is 9.13. The molecule has 0 aromatic rings. The highest BCUT2D eigenvalue weighted by Crippen LogP contribution is 2.06. The zero-order valence-corrected chi connectivity index (χ0v) is 16.1. The van der Waals surface area contributed by atoms with Crippen LogP contribution in [-0.2, 0) is 0 Å². The predicted molar refractivity (Wildman–Crippen MR) is 104 cm³/mol. The van der Waals surface area contributed by atoms with Crippen LogP contribution in [-0.4, -0.2) is 58.7 Å². The van der Waals surface area contributed by atoms with Crippen molar-refractivity contribution in [2.75, 3.05) is 45.8 Å². The number of rotatable bonds is 15. The Bertz CT molecular complexity index is 222. The number of hydrogen-bond acceptors (Lipinski definition) is 7. The molecule has 0 atom stereocenters. The smallest absolute Gasteiger partial charge is 0.00874 e. The predicted octanol–water partition coefficient (Wildman–Crippen LogP) is 2.75. The Balaban J connectivity index is 3.34. The maximum atomic E-state index is 5.48. The zero-order valence-electron chi connectivity index (χ0n) is 13.5. The summed E-state index contributed by atoms with van der Waals surface area (Å²) in [5.74, 6) is 0. The molecule has 4 nitrogen and oxygen atoms in total. The fourth-order valence-corrected chi connectivity index (χ4v) is 2.70. The molecular formula is C14H34N4S3. The Morgan fingerprint density at radius 1 is 0.619 bits per heavy atom. The molecule has 7 heteroatoms. The lowest BCUT2D eigenvalue weighted by atomic mass is 10.2. The fraction of sp³-hybridized carbons (Fsp3) is 1.00. The Morgan fingerprint density at radius 3 is 1.29 bits per heavy atom. The van der Waals surface area contributed by atoms with E-state index in [0.29, 0.717) is 0 Å². The number of nitrogens with zero attached hydrogens (tertiary/aromatic N) is 3. The number of nitrogens with two attached hydrogens (primary N) is 1. The van der Waals surface area contributed by atoms with Crippen LogP contribution in [0.2, 0.25) is 0 Å². The molecule has 0 aromatic heterocycles. The van der Waals surface area contributed by atoms with Gasteiger partial charge in [0.1, 0.15) is 0 Å². The molecule has 0 aliphatic rings. The van der Waals surface area contributed by atoms with Crippen LogP contribution in [0.25, 0.3) is 0 Å². The van der Waals surface area contributed by atoms with E-state index in [4.69, 9.17) is 5.73 Å². The molecule has 0 unspecified atom stereocenters. The van der Waals surface area contributed by atoms with E-state index in [1.54, 1.807) is 0 Å². The van der Waals surface area contributed by atoms with Crippen LogP contribution in [0.4, 0.5) is 0 Å². The van der Waals surface area contributed by atoms with Crippen LogP contribution in [0.5, 0.6) is 0 Å². The maximum Gasteiger partial charge on any atom is 0.00874 e. The van der Waals surface area contributed by atoms with Crippen LogP contribution in [0, 0.1) is 0 Å². The van der Waals surface area contributed by atoms with Gasteiger partial charge in [-0.05, 0) is 45.1 Å². The average Bonchev–Trinajstić information content (AvgIpc) is 2.48. The minimum atomic E-state index is 0.777. The number of unbranched alkanes of at least 4 members (excludes halogenated alkanes) is 3. The Kier molecular flexibility index (Phi) is 16.4. The summed E-state index contributed by atoms with van der Waals surface area (Å²) < 4.78 is 6.28. The van der Waals surface area contributed by atoms with Crippen LogP contribution >= 0.6 is 38.4 Å². The van der Waals surface area contributed by atoms with Crippen LogP contribution in [0.15, 0.2) is 0 Å². The van der Waals surface area contributed by atoms with E-state index in [1.807, 2.05) is 0 Å². The van der Waals surface area contributed by atoms with Gasteiger partial charge in [-0.15, -0.1) is 0 Å². The molecule has 21 heavy (non-hydrogen) atoms. The number of thiol groups is 3. The van der Waals surface area contributed by atoms with Gasteiger partial charge in [0.25, 0.3) is 0 Å². The van der Waals surface area contributed by atoms with Crippen molar-refractivity contribution >= 4 is 38.4 Å². The quantitative estimate of drug-likeness (QED) is 0.269. The molecule has 0 saturated carbocycles. The lowest BCUT2D eigenvalue weighted by molar-refractivity contribution is 0.395. The van der Waals surface area contributed by atoms with Gasteiger partial charge < -0.3 is 5.73 Å². The first-order chi connectivity index (χ1) is 10.1. The van der Waals surface area contributed by atoms with Crippen molar-refractivity contribution in [3.05, 3.63) is 0 Å². The van der Waals surface area contributed by atoms with Crippen molar-refractivity contribution in [3.8, 4) is 0 Å². The van der Waals surface area contributed by atoms with Gasteiger partial charge in [-0.25, -0.2) is 0 Å². The third kappa shape index (κ3) is 15.6. The van der Waals surface area contributed by atoms with Crippen molar-refractivity contribution < 1.29 is 0 Å². The molecule has 0 radical (unpaired) electrons. The second kappa shape index (κ2) is 15.8. The molecule has 0 aromatic carbocycles. The standard InChI is InChI=1S/C14H34N4S3/c1-2-16(19)10-5-6-12-18(21)14-8-7-13-17(20)11-4-3-9-15/h19-21H,2-15H2,1H3. The Hall–Kier alpha value is 0.890. The molecule has 0 aliphatic heterocycles. The van der Waals surface area contributed by atoms with Gasteiger partial charge in [-0.1, -0.05) is 45.4 Å². The molecule has 0 spiro atoms. The van der Waals surface area contributed by atoms with Crippen molar-refractivity contribution in [3.63, 3.8) is 0 Å². The summed E-state index contributed by atoms with van der Waals surface area (Å²) in [5, 5.41) is 0. The lowest BCUT2D eigenvalue weighted by Gasteiger charge is -2.18. The maximum absolute atomic E-state index is 5.48. The first-order valence-corrected chi connectivity index (χ1v) is 9.31. The van der Waals surface area contributed by atoms with Gasteiger partial charge in [0, 0.05) is 39.3 Å². The van der Waals surface area contributed by atoms with E-state index in [2.05, 4.69) is 58.3 Å². The molecule has 0 rings (SSSR count). The first kappa shape index (κ1) is 21.9. The van der Waals surface area contributed by atoms with E-state index < -0.39 is 0 Å². The zero-order chi connectivity index (χ0) is 15.9. The molecule has 0 heterocycles. The highest BCUT2D eigenvalue weighted by atomic mass is 32.1. The van der Waals surface area contributed by atoms with Gasteiger partial charge in [-0.3, -0.25) is 12.9 Å². The van der Waals surface area contributed by atoms with Gasteiger partial charge in [0.15, 0.2) is 0 Å². The Morgan fingerprint density at radius 2 is 0.952 bits per heavy atom. The van der Waals surface area contributed by atoms with E-state index in [0.717, 1.165) is 58.7 Å². The van der Waals surface area contributed by atoms with Crippen molar-refractivity contribution in [2.24, 2.45) is 5.73 Å². The van der Waals surface area contributed by atoms with Crippen LogP contribution in [0.3, 0.4) is 0 Å². The van der Waals surface area contributed by atoms with Gasteiger partial charge in [0.05, 0.1) is 0 Å². The second-order valence-corrected chi connectivity index (χ2v) is 7.06. The highest BCUT2D eigenvalue weighted by Gasteiger charge is 2.02. The third-order valence-electron chi connectivity index (χ3n) is 3.40. The van der Waals surface area contributed by atoms with Gasteiger partial charge >= 0.3 is 0 Å². The van der Waals surface area contributed by atoms with Crippen molar-refractivity contribution in [2.45, 2.75) is 45.4 Å². The fourth-order valence-electron chi connectivity index (χ4n) is 2.00. The summed E-state index contributed by atoms with van der Waals surface area (Å²) in [6.07, 6.45) is 6.93. The lowest BCUT2D eigenvalue weighted by Crippen LogP contribution is -2.20. The summed E-state index contributed by atoms with van der Waals surface area (Å²) in [7, 11) is 0. The highest BCUT2D eigenvalue weighted by molar-refractivity contribution is 7.78.